The van der Waals surface area contributed by atoms with Crippen molar-refractivity contribution >= 4 is 35.0 Å². The van der Waals surface area contributed by atoms with Crippen LogP contribution in [0.4, 0.5) is 0 Å². The Kier molecular flexibility index (Phi) is 5.73. The summed E-state index contributed by atoms with van der Waals surface area (Å²) in [5.74, 6) is -7.35. The number of hydrogen-bond acceptors (Lipinski definition) is 12. The summed E-state index contributed by atoms with van der Waals surface area (Å²) in [6.07, 6.45) is 1.88. The Morgan fingerprint density at radius 1 is 0.978 bits per heavy atom. The molecule has 1 spiro atoms. The fourth-order valence-corrected chi connectivity index (χ4v) is 7.53. The molecule has 2 bridgehead atoms. The quantitative estimate of drug-likeness (QED) is 0.245. The summed E-state index contributed by atoms with van der Waals surface area (Å²) in [7, 11) is 1.00. The van der Waals surface area contributed by atoms with Gasteiger partial charge in [0, 0.05) is 18.1 Å². The van der Waals surface area contributed by atoms with Crippen LogP contribution in [0.3, 0.4) is 0 Å². The molecule has 230 valence electrons. The topological polar surface area (TPSA) is 197 Å². The Hall–Kier alpha value is -5.36. The number of carbonyl (C=O) groups is 4. The van der Waals surface area contributed by atoms with E-state index >= 15 is 0 Å². The van der Waals surface area contributed by atoms with Gasteiger partial charge in [0.25, 0.3) is 5.60 Å². The molecule has 1 aliphatic heterocycles. The van der Waals surface area contributed by atoms with E-state index in [2.05, 4.69) is 0 Å². The molecule has 0 saturated heterocycles. The van der Waals surface area contributed by atoms with Crippen LogP contribution in [0.2, 0.25) is 0 Å². The molecular weight excluding hydrogens is 588 g/mol. The number of Topliss-reactive ketones (excluding diaryl/α,β-unsaturated/α-hetero) is 1. The number of hydrogen-bond donors (Lipinski definition) is 5. The van der Waals surface area contributed by atoms with Crippen LogP contribution in [0.15, 0.2) is 53.6 Å². The van der Waals surface area contributed by atoms with Gasteiger partial charge in [-0.05, 0) is 48.8 Å². The number of fused-ring (bicyclic) bond motifs is 3. The number of allylic oxidation sites excluding steroid dienone is 2. The van der Waals surface area contributed by atoms with Crippen molar-refractivity contribution in [3.63, 3.8) is 0 Å². The van der Waals surface area contributed by atoms with Crippen molar-refractivity contribution in [2.24, 2.45) is 5.41 Å². The fourth-order valence-electron chi connectivity index (χ4n) is 7.53. The monoisotopic (exact) mass is 614 g/mol. The number of methoxy groups -OCH3 is 1. The van der Waals surface area contributed by atoms with Crippen LogP contribution in [0.1, 0.15) is 52.3 Å². The number of phenolic OH excluding ortho intramolecular Hbond substituents is 2. The lowest BCUT2D eigenvalue weighted by atomic mass is 9.61. The van der Waals surface area contributed by atoms with Crippen molar-refractivity contribution in [3.05, 3.63) is 87.0 Å². The number of ketones is 2. The van der Waals surface area contributed by atoms with E-state index in [1.54, 1.807) is 19.1 Å². The lowest BCUT2D eigenvalue weighted by molar-refractivity contribution is -0.164. The number of aromatic hydroxyl groups is 2. The molecule has 0 aromatic heterocycles. The molecule has 2 aromatic carbocycles. The molecule has 0 radical (unpaired) electrons. The smallest absolute Gasteiger partial charge is 0.358 e. The first-order valence-corrected chi connectivity index (χ1v) is 14.0. The molecule has 12 heteroatoms. The van der Waals surface area contributed by atoms with Crippen LogP contribution in [-0.4, -0.2) is 67.9 Å². The number of esters is 2. The van der Waals surface area contributed by atoms with E-state index < -0.39 is 81.1 Å². The van der Waals surface area contributed by atoms with E-state index in [0.29, 0.717) is 5.56 Å². The maximum absolute atomic E-state index is 14.5. The van der Waals surface area contributed by atoms with Gasteiger partial charge in [-0.2, -0.15) is 0 Å². The normalized spacial score (nSPS) is 28.8. The standard InChI is InChI=1S/C33H26O12/c1-12-8-16-22(18(36)9-12)27(40)25-26(39)15-6-7-32(25,30(16)44-13(2)34)11-14-10-19(37)23-28(41)24-17(35)4-5-20(38)33(24,31(42)43-3)45-29(23)21(14)15/h4-10,15,20,30,36-38,40-41H,11H2,1-3H3/t15-,20-,30-,32-,33-/m0/s1. The molecule has 6 aliphatic rings. The summed E-state index contributed by atoms with van der Waals surface area (Å²) in [5, 5.41) is 56.3. The molecular formula is C33H26O12. The second kappa shape index (κ2) is 9.08. The van der Waals surface area contributed by atoms with E-state index in [-0.39, 0.29) is 45.7 Å². The Bertz CT molecular complexity index is 1940. The number of carbonyl (C=O) groups excluding carboxylic acids is 4. The highest BCUT2D eigenvalue weighted by molar-refractivity contribution is 6.18. The zero-order valence-electron chi connectivity index (χ0n) is 24.1. The van der Waals surface area contributed by atoms with E-state index in [0.717, 1.165) is 19.3 Å². The largest absolute Gasteiger partial charge is 0.507 e. The second-order valence-electron chi connectivity index (χ2n) is 11.8. The lowest BCUT2D eigenvalue weighted by Crippen LogP contribution is -2.60. The molecule has 5 atom stereocenters. The van der Waals surface area contributed by atoms with Crippen molar-refractivity contribution in [2.45, 2.75) is 44.0 Å². The van der Waals surface area contributed by atoms with Crippen molar-refractivity contribution in [1.29, 1.82) is 0 Å². The van der Waals surface area contributed by atoms with E-state index in [9.17, 15) is 44.7 Å². The van der Waals surface area contributed by atoms with Crippen LogP contribution >= 0.6 is 0 Å². The Labute approximate surface area is 254 Å². The van der Waals surface area contributed by atoms with Crippen molar-refractivity contribution < 1.29 is 58.9 Å². The molecule has 1 heterocycles. The third-order valence-corrected chi connectivity index (χ3v) is 9.25. The number of rotatable bonds is 2. The van der Waals surface area contributed by atoms with Gasteiger partial charge in [-0.25, -0.2) is 4.79 Å². The summed E-state index contributed by atoms with van der Waals surface area (Å²) in [5.41, 5.74) is -4.20. The van der Waals surface area contributed by atoms with E-state index in [1.807, 2.05) is 0 Å². The minimum atomic E-state index is -2.58. The average Bonchev–Trinajstić information content (AvgIpc) is 3.19. The zero-order chi connectivity index (χ0) is 32.3. The van der Waals surface area contributed by atoms with Crippen molar-refractivity contribution in [1.82, 2.24) is 0 Å². The van der Waals surface area contributed by atoms with Crippen LogP contribution in [-0.2, 0) is 35.1 Å². The van der Waals surface area contributed by atoms with Crippen LogP contribution in [0, 0.1) is 12.3 Å². The van der Waals surface area contributed by atoms with Gasteiger partial charge < -0.3 is 39.7 Å². The number of aliphatic hydroxyl groups excluding tert-OH is 3. The first-order chi connectivity index (χ1) is 21.3. The third kappa shape index (κ3) is 3.39. The summed E-state index contributed by atoms with van der Waals surface area (Å²) in [6, 6.07) is 4.30. The van der Waals surface area contributed by atoms with Crippen LogP contribution < -0.4 is 4.74 Å². The lowest BCUT2D eigenvalue weighted by Gasteiger charge is -2.44. The number of benzene rings is 2. The van der Waals surface area contributed by atoms with Crippen molar-refractivity contribution in [2.75, 3.05) is 7.11 Å². The summed E-state index contributed by atoms with van der Waals surface area (Å²) in [4.78, 5) is 53.2. The first-order valence-electron chi connectivity index (χ1n) is 14.0. The molecule has 0 fully saturated rings. The maximum atomic E-state index is 14.5. The molecule has 12 nitrogen and oxygen atoms in total. The number of aliphatic hydroxyl groups is 3. The minimum Gasteiger partial charge on any atom is -0.507 e. The van der Waals surface area contributed by atoms with Gasteiger partial charge in [0.1, 0.15) is 46.5 Å². The highest BCUT2D eigenvalue weighted by Crippen LogP contribution is 2.63. The van der Waals surface area contributed by atoms with Crippen LogP contribution in [0.5, 0.6) is 17.2 Å². The van der Waals surface area contributed by atoms with Gasteiger partial charge in [0.05, 0.1) is 35.2 Å². The molecule has 0 amide bonds. The van der Waals surface area contributed by atoms with Crippen LogP contribution in [0.25, 0.3) is 11.5 Å². The predicted octanol–water partition coefficient (Wildman–Crippen LogP) is 2.83. The predicted molar refractivity (Wildman–Crippen MR) is 153 cm³/mol. The van der Waals surface area contributed by atoms with Gasteiger partial charge in [-0.15, -0.1) is 0 Å². The number of phenols is 2. The summed E-state index contributed by atoms with van der Waals surface area (Å²) in [6.45, 7) is 2.89. The SMILES string of the molecule is COC(=O)[C@@]12Oc3c(c(O)cc4c3[C@@H]3C=C[C@]5(C4)C(=C(O)c4c(O)cc(C)cc4[C@@H]5OC(C)=O)C3=O)C(O)=C1C(=O)C=C[C@@H]2O. The van der Waals surface area contributed by atoms with Crippen molar-refractivity contribution in [3.8, 4) is 17.2 Å². The van der Waals surface area contributed by atoms with Gasteiger partial charge in [0.15, 0.2) is 11.6 Å². The zero-order valence-corrected chi connectivity index (χ0v) is 24.1. The minimum absolute atomic E-state index is 0.0718. The summed E-state index contributed by atoms with van der Waals surface area (Å²) >= 11 is 0. The average molecular weight is 615 g/mol. The molecule has 5 N–H and O–H groups in total. The van der Waals surface area contributed by atoms with E-state index in [4.69, 9.17) is 14.2 Å². The van der Waals surface area contributed by atoms with Gasteiger partial charge in [0.2, 0.25) is 0 Å². The maximum Gasteiger partial charge on any atom is 0.358 e. The second-order valence-corrected chi connectivity index (χ2v) is 11.8. The van der Waals surface area contributed by atoms with Gasteiger partial charge in [-0.1, -0.05) is 18.2 Å². The van der Waals surface area contributed by atoms with Gasteiger partial charge >= 0.3 is 11.9 Å². The highest BCUT2D eigenvalue weighted by Gasteiger charge is 2.62. The highest BCUT2D eigenvalue weighted by atomic mass is 16.6. The fraction of sp³-hybridized carbons (Fsp3) is 0.273. The number of aryl methyl sites for hydroxylation is 1. The molecule has 45 heavy (non-hydrogen) atoms. The van der Waals surface area contributed by atoms with E-state index in [1.165, 1.54) is 25.1 Å². The molecule has 5 aliphatic carbocycles. The number of ether oxygens (including phenoxy) is 3. The molecule has 2 aromatic rings. The molecule has 0 unspecified atom stereocenters. The third-order valence-electron chi connectivity index (χ3n) is 9.25. The molecule has 0 saturated carbocycles. The Morgan fingerprint density at radius 3 is 2.36 bits per heavy atom. The first kappa shape index (κ1) is 28.4. The Balaban J connectivity index is 1.54. The van der Waals surface area contributed by atoms with Gasteiger partial charge in [-0.3, -0.25) is 14.4 Å². The summed E-state index contributed by atoms with van der Waals surface area (Å²) < 4.78 is 16.9. The Morgan fingerprint density at radius 2 is 1.67 bits per heavy atom. The molecule has 8 rings (SSSR count).